The fourth-order valence-corrected chi connectivity index (χ4v) is 5.43. The fourth-order valence-electron chi connectivity index (χ4n) is 5.24. The third-order valence-electron chi connectivity index (χ3n) is 7.45. The zero-order valence-corrected chi connectivity index (χ0v) is 20.7. The number of carbonyl (C=O) groups is 1. The molecule has 1 saturated heterocycles. The van der Waals surface area contributed by atoms with Gasteiger partial charge in [0, 0.05) is 35.3 Å². The Kier molecular flexibility index (Phi) is 6.76. The third kappa shape index (κ3) is 5.04. The van der Waals surface area contributed by atoms with Crippen LogP contribution in [0.3, 0.4) is 0 Å². The molecule has 1 aromatic heterocycles. The molecule has 7 heteroatoms. The van der Waals surface area contributed by atoms with Crippen molar-refractivity contribution in [3.05, 3.63) is 87.2 Å². The minimum Gasteiger partial charge on any atom is -0.378 e. The lowest BCUT2D eigenvalue weighted by atomic mass is 9.69. The van der Waals surface area contributed by atoms with E-state index in [1.54, 1.807) is 16.8 Å². The summed E-state index contributed by atoms with van der Waals surface area (Å²) in [6, 6.07) is 19.0. The monoisotopic (exact) mass is 491 g/mol. The second kappa shape index (κ2) is 9.96. The van der Waals surface area contributed by atoms with Crippen LogP contribution in [0, 0.1) is 0 Å². The van der Waals surface area contributed by atoms with Crippen molar-refractivity contribution in [2.45, 2.75) is 44.1 Å². The summed E-state index contributed by atoms with van der Waals surface area (Å²) in [6.45, 7) is 4.60. The lowest BCUT2D eigenvalue weighted by molar-refractivity contribution is 0.0303. The number of halogens is 1. The van der Waals surface area contributed by atoms with Crippen LogP contribution in [0.25, 0.3) is 11.3 Å². The molecule has 2 aromatic carbocycles. The zero-order chi connectivity index (χ0) is 24.4. The molecule has 0 radical (unpaired) electrons. The number of rotatable bonds is 4. The van der Waals surface area contributed by atoms with Crippen molar-refractivity contribution in [2.24, 2.45) is 0 Å². The molecule has 2 heterocycles. The number of aromatic nitrogens is 2. The highest BCUT2D eigenvalue weighted by molar-refractivity contribution is 6.30. The predicted molar refractivity (Wildman–Crippen MR) is 137 cm³/mol. The molecule has 2 fully saturated rings. The number of morpholine rings is 1. The summed E-state index contributed by atoms with van der Waals surface area (Å²) in [4.78, 5) is 27.5. The molecule has 0 bridgehead atoms. The van der Waals surface area contributed by atoms with Gasteiger partial charge >= 0.3 is 0 Å². The van der Waals surface area contributed by atoms with Gasteiger partial charge in [-0.1, -0.05) is 42.8 Å². The molecule has 35 heavy (non-hydrogen) atoms. The maximum absolute atomic E-state index is 12.9. The molecular formula is C28H30ClN3O3. The highest BCUT2D eigenvalue weighted by Crippen LogP contribution is 2.43. The third-order valence-corrected chi connectivity index (χ3v) is 7.69. The van der Waals surface area contributed by atoms with Crippen LogP contribution >= 0.6 is 11.6 Å². The molecule has 0 N–H and O–H groups in total. The van der Waals surface area contributed by atoms with Crippen molar-refractivity contribution in [3.63, 3.8) is 0 Å². The van der Waals surface area contributed by atoms with Gasteiger partial charge in [-0.2, -0.15) is 5.10 Å². The van der Waals surface area contributed by atoms with Crippen molar-refractivity contribution >= 4 is 17.5 Å². The normalized spacial score (nSPS) is 22.7. The minimum atomic E-state index is -0.0920. The van der Waals surface area contributed by atoms with Crippen molar-refractivity contribution in [3.8, 4) is 11.3 Å². The van der Waals surface area contributed by atoms with Gasteiger partial charge in [-0.3, -0.25) is 9.59 Å². The Labute approximate surface area is 210 Å². The van der Waals surface area contributed by atoms with E-state index < -0.39 is 0 Å². The zero-order valence-electron chi connectivity index (χ0n) is 20.0. The quantitative estimate of drug-likeness (QED) is 0.508. The Morgan fingerprint density at radius 3 is 2.51 bits per heavy atom. The topological polar surface area (TPSA) is 64.4 Å². The van der Waals surface area contributed by atoms with Crippen LogP contribution in [0.2, 0.25) is 5.02 Å². The molecule has 1 saturated carbocycles. The van der Waals surface area contributed by atoms with Crippen LogP contribution in [0.4, 0.5) is 0 Å². The van der Waals surface area contributed by atoms with E-state index >= 15 is 0 Å². The first kappa shape index (κ1) is 23.8. The van der Waals surface area contributed by atoms with Crippen LogP contribution in [-0.4, -0.2) is 46.9 Å². The van der Waals surface area contributed by atoms with Gasteiger partial charge in [0.05, 0.1) is 24.9 Å². The molecule has 0 atom stereocenters. The second-order valence-corrected chi connectivity index (χ2v) is 10.2. The number of hydrogen-bond donors (Lipinski definition) is 0. The molecule has 5 rings (SSSR count). The molecule has 1 aliphatic heterocycles. The lowest BCUT2D eigenvalue weighted by Gasteiger charge is -2.38. The molecule has 0 spiro atoms. The summed E-state index contributed by atoms with van der Waals surface area (Å²) >= 11 is 6.24. The first-order valence-corrected chi connectivity index (χ1v) is 12.6. The Morgan fingerprint density at radius 2 is 1.77 bits per heavy atom. The molecule has 0 unspecified atom stereocenters. The van der Waals surface area contributed by atoms with E-state index in [1.807, 2.05) is 41.3 Å². The summed E-state index contributed by atoms with van der Waals surface area (Å²) in [7, 11) is 0. The molecule has 1 amide bonds. The Hall–Kier alpha value is -2.96. The van der Waals surface area contributed by atoms with Crippen molar-refractivity contribution in [1.82, 2.24) is 14.7 Å². The van der Waals surface area contributed by atoms with E-state index in [0.29, 0.717) is 37.6 Å². The van der Waals surface area contributed by atoms with Crippen molar-refractivity contribution in [2.75, 3.05) is 26.3 Å². The SMILES string of the molecule is CC1(c2cccc(Cl)c2)CCC(n2nc(-c3cccc(C(=O)N4CCOCC4)c3)ccc2=O)CC1. The number of amides is 1. The van der Waals surface area contributed by atoms with Crippen LogP contribution in [0.5, 0.6) is 0 Å². The Bertz CT molecular complexity index is 1270. The maximum atomic E-state index is 12.9. The molecule has 182 valence electrons. The van der Waals surface area contributed by atoms with Gasteiger partial charge in [-0.15, -0.1) is 0 Å². The summed E-state index contributed by atoms with van der Waals surface area (Å²) < 4.78 is 7.00. The second-order valence-electron chi connectivity index (χ2n) is 9.79. The van der Waals surface area contributed by atoms with Crippen LogP contribution < -0.4 is 5.56 Å². The average molecular weight is 492 g/mol. The largest absolute Gasteiger partial charge is 0.378 e. The summed E-state index contributed by atoms with van der Waals surface area (Å²) in [5.74, 6) is -0.00365. The van der Waals surface area contributed by atoms with E-state index in [2.05, 4.69) is 19.1 Å². The van der Waals surface area contributed by atoms with E-state index in [0.717, 1.165) is 36.3 Å². The standard InChI is InChI=1S/C28H30ClN3O3/c1-28(22-6-3-7-23(29)19-22)12-10-24(11-13-28)32-26(33)9-8-25(30-32)20-4-2-5-21(18-20)27(34)31-14-16-35-17-15-31/h2-9,18-19,24H,10-17H2,1H3. The van der Waals surface area contributed by atoms with Crippen molar-refractivity contribution in [1.29, 1.82) is 0 Å². The lowest BCUT2D eigenvalue weighted by Crippen LogP contribution is -2.40. The van der Waals surface area contributed by atoms with Gasteiger partial charge in [-0.25, -0.2) is 4.68 Å². The van der Waals surface area contributed by atoms with Gasteiger partial charge in [0.15, 0.2) is 0 Å². The number of nitrogens with zero attached hydrogens (tertiary/aromatic N) is 3. The molecule has 3 aromatic rings. The van der Waals surface area contributed by atoms with E-state index in [-0.39, 0.29) is 22.9 Å². The van der Waals surface area contributed by atoms with E-state index in [1.165, 1.54) is 5.56 Å². The van der Waals surface area contributed by atoms with Gasteiger partial charge in [0.25, 0.3) is 11.5 Å². The summed E-state index contributed by atoms with van der Waals surface area (Å²) in [5, 5.41) is 5.51. The number of hydrogen-bond acceptors (Lipinski definition) is 4. The molecule has 1 aliphatic carbocycles. The maximum Gasteiger partial charge on any atom is 0.267 e. The van der Waals surface area contributed by atoms with E-state index in [9.17, 15) is 9.59 Å². The van der Waals surface area contributed by atoms with Crippen molar-refractivity contribution < 1.29 is 9.53 Å². The highest BCUT2D eigenvalue weighted by Gasteiger charge is 2.34. The number of carbonyl (C=O) groups excluding carboxylic acids is 1. The Balaban J connectivity index is 1.35. The van der Waals surface area contributed by atoms with Gasteiger partial charge < -0.3 is 9.64 Å². The van der Waals surface area contributed by atoms with Gasteiger partial charge in [0.2, 0.25) is 0 Å². The predicted octanol–water partition coefficient (Wildman–Crippen LogP) is 5.11. The Morgan fingerprint density at radius 1 is 1.03 bits per heavy atom. The van der Waals surface area contributed by atoms with Crippen LogP contribution in [0.1, 0.15) is 54.6 Å². The fraction of sp³-hybridized carbons (Fsp3) is 0.393. The van der Waals surface area contributed by atoms with Gasteiger partial charge in [0.1, 0.15) is 0 Å². The first-order chi connectivity index (χ1) is 16.9. The smallest absolute Gasteiger partial charge is 0.267 e. The minimum absolute atomic E-state index is 0.00365. The highest BCUT2D eigenvalue weighted by atomic mass is 35.5. The molecule has 6 nitrogen and oxygen atoms in total. The summed E-state index contributed by atoms with van der Waals surface area (Å²) in [6.07, 6.45) is 3.66. The van der Waals surface area contributed by atoms with Gasteiger partial charge in [-0.05, 0) is 67.0 Å². The van der Waals surface area contributed by atoms with Crippen LogP contribution in [-0.2, 0) is 10.2 Å². The van der Waals surface area contributed by atoms with E-state index in [4.69, 9.17) is 21.4 Å². The first-order valence-electron chi connectivity index (χ1n) is 12.3. The summed E-state index contributed by atoms with van der Waals surface area (Å²) in [5.41, 5.74) is 3.35. The number of benzene rings is 2. The average Bonchev–Trinajstić information content (AvgIpc) is 2.90. The molecular weight excluding hydrogens is 462 g/mol. The molecule has 2 aliphatic rings. The van der Waals surface area contributed by atoms with Crippen LogP contribution in [0.15, 0.2) is 65.5 Å². The number of ether oxygens (including phenoxy) is 1.